The van der Waals surface area contributed by atoms with E-state index < -0.39 is 5.97 Å². The van der Waals surface area contributed by atoms with Crippen LogP contribution in [0.3, 0.4) is 0 Å². The largest absolute Gasteiger partial charge is 0.481 e. The van der Waals surface area contributed by atoms with Crippen LogP contribution in [0.5, 0.6) is 5.88 Å². The molecule has 19 heavy (non-hydrogen) atoms. The van der Waals surface area contributed by atoms with Crippen LogP contribution in [0, 0.1) is 0 Å². The van der Waals surface area contributed by atoms with E-state index in [-0.39, 0.29) is 0 Å². The molecule has 0 fully saturated rings. The number of benzene rings is 1. The summed E-state index contributed by atoms with van der Waals surface area (Å²) in [5, 5.41) is 0. The van der Waals surface area contributed by atoms with Gasteiger partial charge >= 0.3 is 5.97 Å². The molecule has 0 saturated heterocycles. The lowest BCUT2D eigenvalue weighted by Gasteiger charge is -2.09. The molecular weight excluding hydrogens is 242 g/mol. The van der Waals surface area contributed by atoms with Crippen molar-refractivity contribution < 1.29 is 14.3 Å². The molecule has 1 heterocycles. The van der Waals surface area contributed by atoms with Gasteiger partial charge in [0, 0.05) is 18.2 Å². The van der Waals surface area contributed by atoms with Crippen LogP contribution in [0.15, 0.2) is 42.6 Å². The van der Waals surface area contributed by atoms with Crippen LogP contribution < -0.4 is 4.74 Å². The summed E-state index contributed by atoms with van der Waals surface area (Å²) in [6, 6.07) is 11.7. The number of ether oxygens (including phenoxy) is 2. The van der Waals surface area contributed by atoms with E-state index >= 15 is 0 Å². The topological polar surface area (TPSA) is 48.4 Å². The zero-order chi connectivity index (χ0) is 13.7. The van der Waals surface area contributed by atoms with E-state index in [1.54, 1.807) is 13.2 Å². The molecule has 2 aromatic rings. The molecule has 0 spiro atoms. The Morgan fingerprint density at radius 3 is 2.58 bits per heavy atom. The highest BCUT2D eigenvalue weighted by molar-refractivity contribution is 5.89. The molecule has 98 valence electrons. The minimum Gasteiger partial charge on any atom is -0.481 e. The average Bonchev–Trinajstić information content (AvgIpc) is 2.47. The van der Waals surface area contributed by atoms with Crippen LogP contribution in [-0.2, 0) is 11.2 Å². The van der Waals surface area contributed by atoms with Crippen molar-refractivity contribution in [2.24, 2.45) is 0 Å². The molecule has 0 aliphatic carbocycles. The predicted octanol–water partition coefficient (Wildman–Crippen LogP) is 2.47. The van der Waals surface area contributed by atoms with Gasteiger partial charge in [0.25, 0.3) is 0 Å². The highest BCUT2D eigenvalue weighted by atomic mass is 16.5. The molecule has 0 bridgehead atoms. The van der Waals surface area contributed by atoms with Crippen molar-refractivity contribution in [1.29, 1.82) is 0 Å². The summed E-state index contributed by atoms with van der Waals surface area (Å²) in [7, 11) is 2.91. The first-order valence-corrected chi connectivity index (χ1v) is 5.89. The Labute approximate surface area is 112 Å². The molecule has 0 unspecified atom stereocenters. The molecule has 0 saturated carbocycles. The summed E-state index contributed by atoms with van der Waals surface area (Å²) in [6.07, 6.45) is 2.11. The molecule has 0 N–H and O–H groups in total. The molecule has 2 rings (SSSR count). The Bertz CT molecular complexity index is 567. The maximum absolute atomic E-state index is 11.5. The predicted molar refractivity (Wildman–Crippen MR) is 71.4 cm³/mol. The van der Waals surface area contributed by atoms with Crippen LogP contribution in [0.25, 0.3) is 0 Å². The van der Waals surface area contributed by atoms with E-state index in [4.69, 9.17) is 9.47 Å². The number of nitrogens with zero attached hydrogens (tertiary/aromatic N) is 1. The summed E-state index contributed by atoms with van der Waals surface area (Å²) in [4.78, 5) is 15.7. The van der Waals surface area contributed by atoms with Crippen LogP contribution in [-0.4, -0.2) is 25.2 Å². The van der Waals surface area contributed by atoms with Crippen molar-refractivity contribution >= 4 is 5.97 Å². The van der Waals surface area contributed by atoms with Gasteiger partial charge in [-0.2, -0.15) is 0 Å². The average molecular weight is 257 g/mol. The van der Waals surface area contributed by atoms with E-state index in [1.807, 2.05) is 30.3 Å². The Morgan fingerprint density at radius 2 is 1.95 bits per heavy atom. The van der Waals surface area contributed by atoms with Crippen molar-refractivity contribution in [2.75, 3.05) is 14.2 Å². The Balaban J connectivity index is 2.34. The maximum atomic E-state index is 11.5. The van der Waals surface area contributed by atoms with Crippen molar-refractivity contribution in [3.63, 3.8) is 0 Å². The number of hydrogen-bond donors (Lipinski definition) is 0. The van der Waals surface area contributed by atoms with Gasteiger partial charge in [-0.1, -0.05) is 30.3 Å². The number of hydrogen-bond acceptors (Lipinski definition) is 4. The highest BCUT2D eigenvalue weighted by Gasteiger charge is 2.12. The summed E-state index contributed by atoms with van der Waals surface area (Å²) in [5.41, 5.74) is 2.41. The number of esters is 1. The van der Waals surface area contributed by atoms with E-state index in [0.717, 1.165) is 11.1 Å². The Kier molecular flexibility index (Phi) is 4.13. The smallest absolute Gasteiger partial charge is 0.339 e. The van der Waals surface area contributed by atoms with Crippen molar-refractivity contribution in [3.8, 4) is 5.88 Å². The van der Waals surface area contributed by atoms with E-state index in [9.17, 15) is 4.79 Å². The van der Waals surface area contributed by atoms with Crippen LogP contribution in [0.4, 0.5) is 0 Å². The lowest BCUT2D eigenvalue weighted by molar-refractivity contribution is 0.0600. The van der Waals surface area contributed by atoms with Crippen LogP contribution in [0.1, 0.15) is 21.5 Å². The van der Waals surface area contributed by atoms with Gasteiger partial charge in [-0.15, -0.1) is 0 Å². The number of carbonyl (C=O) groups excluding carboxylic acids is 1. The van der Waals surface area contributed by atoms with Crippen molar-refractivity contribution in [2.45, 2.75) is 6.42 Å². The third kappa shape index (κ3) is 3.10. The fourth-order valence-electron chi connectivity index (χ4n) is 1.85. The number of carbonyl (C=O) groups is 1. The second kappa shape index (κ2) is 6.00. The minimum absolute atomic E-state index is 0.399. The summed E-state index contributed by atoms with van der Waals surface area (Å²) in [5.74, 6) is 0.126. The SMILES string of the molecule is COC(=O)c1cnc(OC)c(Cc2ccccc2)c1. The quantitative estimate of drug-likeness (QED) is 0.789. The van der Waals surface area contributed by atoms with Gasteiger partial charge in [0.1, 0.15) is 0 Å². The summed E-state index contributed by atoms with van der Waals surface area (Å²) >= 11 is 0. The molecule has 0 radical (unpaired) electrons. The lowest BCUT2D eigenvalue weighted by atomic mass is 10.0. The van der Waals surface area contributed by atoms with Gasteiger partial charge in [0.05, 0.1) is 19.8 Å². The van der Waals surface area contributed by atoms with Gasteiger partial charge in [-0.3, -0.25) is 0 Å². The van der Waals surface area contributed by atoms with Crippen molar-refractivity contribution in [3.05, 3.63) is 59.3 Å². The number of rotatable bonds is 4. The summed E-state index contributed by atoms with van der Waals surface area (Å²) < 4.78 is 9.92. The van der Waals surface area contributed by atoms with Gasteiger partial charge in [0.2, 0.25) is 5.88 Å². The number of aromatic nitrogens is 1. The fraction of sp³-hybridized carbons (Fsp3) is 0.200. The molecule has 4 heteroatoms. The second-order valence-corrected chi connectivity index (χ2v) is 4.05. The van der Waals surface area contributed by atoms with E-state index in [1.165, 1.54) is 13.3 Å². The summed E-state index contributed by atoms with van der Waals surface area (Å²) in [6.45, 7) is 0. The third-order valence-electron chi connectivity index (χ3n) is 2.78. The molecule has 1 aromatic carbocycles. The fourth-order valence-corrected chi connectivity index (χ4v) is 1.85. The monoisotopic (exact) mass is 257 g/mol. The molecule has 0 aliphatic heterocycles. The molecule has 4 nitrogen and oxygen atoms in total. The zero-order valence-corrected chi connectivity index (χ0v) is 10.9. The van der Waals surface area contributed by atoms with E-state index in [2.05, 4.69) is 4.98 Å². The first kappa shape index (κ1) is 13.1. The van der Waals surface area contributed by atoms with Gasteiger partial charge in [-0.25, -0.2) is 9.78 Å². The van der Waals surface area contributed by atoms with Crippen LogP contribution in [0.2, 0.25) is 0 Å². The van der Waals surface area contributed by atoms with E-state index in [0.29, 0.717) is 17.9 Å². The normalized spacial score (nSPS) is 10.0. The first-order chi connectivity index (χ1) is 9.24. The molecule has 0 atom stereocenters. The second-order valence-electron chi connectivity index (χ2n) is 4.05. The molecule has 1 aromatic heterocycles. The number of pyridine rings is 1. The molecule has 0 aliphatic rings. The number of methoxy groups -OCH3 is 2. The zero-order valence-electron chi connectivity index (χ0n) is 10.9. The molecule has 0 amide bonds. The van der Waals surface area contributed by atoms with Crippen molar-refractivity contribution in [1.82, 2.24) is 4.98 Å². The van der Waals surface area contributed by atoms with Crippen LogP contribution >= 0.6 is 0 Å². The standard InChI is InChI=1S/C15H15NO3/c1-18-14-12(8-11-6-4-3-5-7-11)9-13(10-16-14)15(17)19-2/h3-7,9-10H,8H2,1-2H3. The van der Waals surface area contributed by atoms with Gasteiger partial charge < -0.3 is 9.47 Å². The minimum atomic E-state index is -0.399. The molecular formula is C15H15NO3. The maximum Gasteiger partial charge on any atom is 0.339 e. The van der Waals surface area contributed by atoms with Gasteiger partial charge in [-0.05, 0) is 11.6 Å². The first-order valence-electron chi connectivity index (χ1n) is 5.89. The Hall–Kier alpha value is -2.36. The highest BCUT2D eigenvalue weighted by Crippen LogP contribution is 2.20. The third-order valence-corrected chi connectivity index (χ3v) is 2.78. The van der Waals surface area contributed by atoms with Gasteiger partial charge in [0.15, 0.2) is 0 Å². The lowest BCUT2D eigenvalue weighted by Crippen LogP contribution is -2.05. The Morgan fingerprint density at radius 1 is 1.21 bits per heavy atom.